The third-order valence-corrected chi connectivity index (χ3v) is 4.14. The summed E-state index contributed by atoms with van der Waals surface area (Å²) < 4.78 is 18.7. The lowest BCUT2D eigenvalue weighted by atomic mass is 9.98. The lowest BCUT2D eigenvalue weighted by Gasteiger charge is -2.07. The molecule has 118 valence electrons. The summed E-state index contributed by atoms with van der Waals surface area (Å²) in [6.07, 6.45) is 2.64. The summed E-state index contributed by atoms with van der Waals surface area (Å²) in [7, 11) is 1.62. The second-order valence-corrected chi connectivity index (χ2v) is 5.67. The van der Waals surface area contributed by atoms with Crippen LogP contribution in [0, 0.1) is 5.82 Å². The molecule has 0 saturated heterocycles. The van der Waals surface area contributed by atoms with Gasteiger partial charge < -0.3 is 9.84 Å². The van der Waals surface area contributed by atoms with E-state index in [9.17, 15) is 9.18 Å². The number of carbonyl (C=O) groups is 1. The molecule has 1 aliphatic rings. The molecule has 0 aromatic heterocycles. The van der Waals surface area contributed by atoms with Crippen LogP contribution in [0.25, 0.3) is 11.6 Å². The molecule has 23 heavy (non-hydrogen) atoms. The quantitative estimate of drug-likeness (QED) is 0.913. The Hall–Kier alpha value is -2.62. The number of methoxy groups -OCH3 is 1. The Kier molecular flexibility index (Phi) is 4.15. The number of benzene rings is 2. The van der Waals surface area contributed by atoms with Crippen molar-refractivity contribution in [3.8, 4) is 5.75 Å². The molecule has 0 aliphatic heterocycles. The lowest BCUT2D eigenvalue weighted by molar-refractivity contribution is -0.137. The average molecular weight is 312 g/mol. The molecule has 1 aliphatic carbocycles. The van der Waals surface area contributed by atoms with Gasteiger partial charge in [-0.2, -0.15) is 0 Å². The van der Waals surface area contributed by atoms with Gasteiger partial charge in [-0.15, -0.1) is 0 Å². The summed E-state index contributed by atoms with van der Waals surface area (Å²) in [6, 6.07) is 12.3. The molecule has 1 atom stereocenters. The van der Waals surface area contributed by atoms with Crippen LogP contribution in [0.3, 0.4) is 0 Å². The molecule has 0 amide bonds. The fraction of sp³-hybridized carbons (Fsp3) is 0.211. The number of rotatable bonds is 4. The van der Waals surface area contributed by atoms with E-state index in [-0.39, 0.29) is 18.2 Å². The second kappa shape index (κ2) is 6.24. The van der Waals surface area contributed by atoms with Crippen LogP contribution in [-0.4, -0.2) is 18.2 Å². The Labute approximate surface area is 134 Å². The van der Waals surface area contributed by atoms with Crippen LogP contribution < -0.4 is 4.74 Å². The minimum atomic E-state index is -0.865. The molecular weight excluding hydrogens is 295 g/mol. The van der Waals surface area contributed by atoms with E-state index < -0.39 is 5.97 Å². The van der Waals surface area contributed by atoms with Gasteiger partial charge in [0.2, 0.25) is 0 Å². The summed E-state index contributed by atoms with van der Waals surface area (Å²) in [5.41, 5.74) is 3.77. The van der Waals surface area contributed by atoms with Crippen molar-refractivity contribution in [2.75, 3.05) is 7.11 Å². The molecule has 2 aromatic carbocycles. The predicted octanol–water partition coefficient (Wildman–Crippen LogP) is 4.34. The van der Waals surface area contributed by atoms with Crippen LogP contribution >= 0.6 is 0 Å². The average Bonchev–Trinajstić information content (AvgIpc) is 2.84. The van der Waals surface area contributed by atoms with Crippen LogP contribution in [0.5, 0.6) is 5.75 Å². The van der Waals surface area contributed by atoms with Gasteiger partial charge in [-0.25, -0.2) is 4.39 Å². The zero-order chi connectivity index (χ0) is 16.4. The number of carboxylic acids is 1. The maximum absolute atomic E-state index is 13.5. The fourth-order valence-electron chi connectivity index (χ4n) is 3.08. The van der Waals surface area contributed by atoms with Gasteiger partial charge in [-0.3, -0.25) is 4.79 Å². The first-order valence-corrected chi connectivity index (χ1v) is 7.43. The normalized spacial score (nSPS) is 18.0. The summed E-state index contributed by atoms with van der Waals surface area (Å²) in [5.74, 6) is -0.590. The van der Waals surface area contributed by atoms with Crippen molar-refractivity contribution in [1.29, 1.82) is 0 Å². The smallest absolute Gasteiger partial charge is 0.303 e. The summed E-state index contributed by atoms with van der Waals surface area (Å²) in [6.45, 7) is 0. The Bertz CT molecular complexity index is 763. The molecular formula is C19H17FO3. The minimum absolute atomic E-state index is 0.0103. The van der Waals surface area contributed by atoms with Gasteiger partial charge in [0, 0.05) is 0 Å². The van der Waals surface area contributed by atoms with Crippen LogP contribution in [0.1, 0.15) is 35.4 Å². The molecule has 0 spiro atoms. The van der Waals surface area contributed by atoms with Crippen molar-refractivity contribution in [3.05, 3.63) is 65.0 Å². The van der Waals surface area contributed by atoms with E-state index in [1.165, 1.54) is 12.1 Å². The van der Waals surface area contributed by atoms with E-state index in [1.54, 1.807) is 13.2 Å². The van der Waals surface area contributed by atoms with Gasteiger partial charge in [0.1, 0.15) is 11.6 Å². The molecule has 0 heterocycles. The van der Waals surface area contributed by atoms with Crippen LogP contribution in [0.15, 0.2) is 42.5 Å². The maximum Gasteiger partial charge on any atom is 0.303 e. The molecule has 4 heteroatoms. The number of hydrogen-bond donors (Lipinski definition) is 1. The van der Waals surface area contributed by atoms with Crippen molar-refractivity contribution in [1.82, 2.24) is 0 Å². The standard InChI is InChI=1S/C19H17FO3/c1-23-16-5-2-12(3-6-16)8-13-9-14(10-19(21)22)18-11-15(20)4-7-17(13)18/h2-8,11,14H,9-10H2,1H3,(H,21,22)/b13-8+. The van der Waals surface area contributed by atoms with E-state index in [0.29, 0.717) is 6.42 Å². The summed E-state index contributed by atoms with van der Waals surface area (Å²) in [5, 5.41) is 9.08. The molecule has 2 aromatic rings. The highest BCUT2D eigenvalue weighted by Crippen LogP contribution is 2.44. The third kappa shape index (κ3) is 3.26. The van der Waals surface area contributed by atoms with Gasteiger partial charge in [0.05, 0.1) is 13.5 Å². The zero-order valence-electron chi connectivity index (χ0n) is 12.8. The molecule has 0 bridgehead atoms. The monoisotopic (exact) mass is 312 g/mol. The van der Waals surface area contributed by atoms with E-state index in [4.69, 9.17) is 9.84 Å². The number of ether oxygens (including phenoxy) is 1. The number of aliphatic carboxylic acids is 1. The van der Waals surface area contributed by atoms with Crippen molar-refractivity contribution >= 4 is 17.6 Å². The fourth-order valence-corrected chi connectivity index (χ4v) is 3.08. The molecule has 1 N–H and O–H groups in total. The first-order valence-electron chi connectivity index (χ1n) is 7.43. The maximum atomic E-state index is 13.5. The largest absolute Gasteiger partial charge is 0.497 e. The van der Waals surface area contributed by atoms with Gasteiger partial charge in [0.15, 0.2) is 0 Å². The van der Waals surface area contributed by atoms with Crippen LogP contribution in [0.2, 0.25) is 0 Å². The molecule has 0 radical (unpaired) electrons. The molecule has 0 fully saturated rings. The van der Waals surface area contributed by atoms with Crippen molar-refractivity contribution < 1.29 is 19.0 Å². The Morgan fingerprint density at radius 2 is 2.04 bits per heavy atom. The van der Waals surface area contributed by atoms with Gasteiger partial charge in [0.25, 0.3) is 0 Å². The van der Waals surface area contributed by atoms with E-state index in [0.717, 1.165) is 28.0 Å². The Morgan fingerprint density at radius 1 is 1.30 bits per heavy atom. The van der Waals surface area contributed by atoms with E-state index in [2.05, 4.69) is 0 Å². The molecule has 3 rings (SSSR count). The third-order valence-electron chi connectivity index (χ3n) is 4.14. The first-order chi connectivity index (χ1) is 11.1. The van der Waals surface area contributed by atoms with Crippen molar-refractivity contribution in [3.63, 3.8) is 0 Å². The first kappa shape index (κ1) is 15.3. The molecule has 1 unspecified atom stereocenters. The lowest BCUT2D eigenvalue weighted by Crippen LogP contribution is -2.03. The highest BCUT2D eigenvalue weighted by atomic mass is 19.1. The molecule has 0 saturated carbocycles. The van der Waals surface area contributed by atoms with Gasteiger partial charge in [-0.05, 0) is 58.9 Å². The van der Waals surface area contributed by atoms with Gasteiger partial charge >= 0.3 is 5.97 Å². The summed E-state index contributed by atoms with van der Waals surface area (Å²) in [4.78, 5) is 11.1. The van der Waals surface area contributed by atoms with Crippen molar-refractivity contribution in [2.24, 2.45) is 0 Å². The zero-order valence-corrected chi connectivity index (χ0v) is 12.8. The second-order valence-electron chi connectivity index (χ2n) is 5.67. The number of allylic oxidation sites excluding steroid dienone is 1. The highest BCUT2D eigenvalue weighted by Gasteiger charge is 2.28. The van der Waals surface area contributed by atoms with Crippen LogP contribution in [0.4, 0.5) is 4.39 Å². The van der Waals surface area contributed by atoms with E-state index in [1.807, 2.05) is 30.3 Å². The van der Waals surface area contributed by atoms with Crippen LogP contribution in [-0.2, 0) is 4.79 Å². The number of fused-ring (bicyclic) bond motifs is 1. The predicted molar refractivity (Wildman–Crippen MR) is 86.9 cm³/mol. The number of hydrogen-bond acceptors (Lipinski definition) is 2. The highest BCUT2D eigenvalue weighted by molar-refractivity contribution is 5.87. The Morgan fingerprint density at radius 3 is 2.70 bits per heavy atom. The van der Waals surface area contributed by atoms with E-state index >= 15 is 0 Å². The summed E-state index contributed by atoms with van der Waals surface area (Å²) >= 11 is 0. The van der Waals surface area contributed by atoms with Crippen molar-refractivity contribution in [2.45, 2.75) is 18.8 Å². The number of carboxylic acid groups (broad SMARTS) is 1. The number of halogens is 1. The SMILES string of the molecule is COc1ccc(/C=C2\CC(CC(=O)O)c3cc(F)ccc32)cc1. The molecule has 3 nitrogen and oxygen atoms in total. The van der Waals surface area contributed by atoms with Gasteiger partial charge in [-0.1, -0.05) is 24.3 Å². The minimum Gasteiger partial charge on any atom is -0.497 e. The topological polar surface area (TPSA) is 46.5 Å². The Balaban J connectivity index is 1.97.